The molecule has 0 saturated carbocycles. The number of allylic oxidation sites excluding steroid dienone is 7. The molecule has 0 aliphatic rings. The van der Waals surface area contributed by atoms with Crippen LogP contribution in [0.3, 0.4) is 0 Å². The fourth-order valence-electron chi connectivity index (χ4n) is 3.28. The molecule has 0 radical (unpaired) electrons. The van der Waals surface area contributed by atoms with Gasteiger partial charge in [-0.05, 0) is 93.4 Å². The van der Waals surface area contributed by atoms with E-state index in [4.69, 9.17) is 0 Å². The smallest absolute Gasteiger partial charge is 0.249 e. The van der Waals surface area contributed by atoms with Crippen LogP contribution >= 0.6 is 0 Å². The quantitative estimate of drug-likeness (QED) is 0.207. The Hall–Kier alpha value is -1.90. The summed E-state index contributed by atoms with van der Waals surface area (Å²) < 4.78 is 0. The molecule has 0 atom stereocenters. The first-order valence-corrected chi connectivity index (χ1v) is 11.6. The molecule has 3 heteroatoms. The van der Waals surface area contributed by atoms with Crippen LogP contribution in [0.4, 0.5) is 0 Å². The van der Waals surface area contributed by atoms with Crippen LogP contribution in [0, 0.1) is 0 Å². The van der Waals surface area contributed by atoms with Crippen molar-refractivity contribution in [1.29, 1.82) is 0 Å². The van der Waals surface area contributed by atoms with Gasteiger partial charge < -0.3 is 9.69 Å². The van der Waals surface area contributed by atoms with Gasteiger partial charge in [0.2, 0.25) is 5.91 Å². The summed E-state index contributed by atoms with van der Waals surface area (Å²) in [7, 11) is 0. The maximum Gasteiger partial charge on any atom is 0.249 e. The molecule has 0 N–H and O–H groups in total. The molecule has 0 saturated heterocycles. The summed E-state index contributed by atoms with van der Waals surface area (Å²) in [6.07, 6.45) is 16.7. The average molecular weight is 416 g/mol. The number of amides is 1. The summed E-state index contributed by atoms with van der Waals surface area (Å²) in [6.45, 7) is 15.7. The molecule has 3 nitrogen and oxygen atoms in total. The summed E-state index contributed by atoms with van der Waals surface area (Å²) in [5.74, 6) is 0.420. The molecule has 0 aromatic rings. The van der Waals surface area contributed by atoms with Gasteiger partial charge in [0, 0.05) is 25.1 Å². The van der Waals surface area contributed by atoms with Crippen LogP contribution in [0.5, 0.6) is 0 Å². The van der Waals surface area contributed by atoms with Crippen molar-refractivity contribution in [1.82, 2.24) is 4.90 Å². The normalized spacial score (nSPS) is 13.6. The number of ketones is 1. The lowest BCUT2D eigenvalue weighted by molar-refractivity contribution is -0.126. The van der Waals surface area contributed by atoms with E-state index >= 15 is 0 Å². The lowest BCUT2D eigenvalue weighted by Gasteiger charge is -2.18. The van der Waals surface area contributed by atoms with Gasteiger partial charge in [-0.15, -0.1) is 0 Å². The van der Waals surface area contributed by atoms with E-state index in [1.54, 1.807) is 6.92 Å². The molecule has 0 fully saturated rings. The SMILES string of the molecule is CCN(CC)C(=O)C(C)=CCCC(C)=CCCC(C)=CCCC(C)=CCCC(C)=O. The van der Waals surface area contributed by atoms with Gasteiger partial charge in [-0.2, -0.15) is 0 Å². The molecule has 0 spiro atoms. The zero-order valence-electron chi connectivity index (χ0n) is 20.6. The fourth-order valence-corrected chi connectivity index (χ4v) is 3.28. The Morgan fingerprint density at radius 1 is 0.600 bits per heavy atom. The lowest BCUT2D eigenvalue weighted by atomic mass is 10.0. The fraction of sp³-hybridized carbons (Fsp3) is 0.630. The van der Waals surface area contributed by atoms with Crippen LogP contribution in [0.2, 0.25) is 0 Å². The van der Waals surface area contributed by atoms with Crippen molar-refractivity contribution in [3.63, 3.8) is 0 Å². The van der Waals surface area contributed by atoms with Crippen LogP contribution in [0.25, 0.3) is 0 Å². The molecule has 0 aromatic heterocycles. The summed E-state index contributed by atoms with van der Waals surface area (Å²) in [6, 6.07) is 0. The first kappa shape index (κ1) is 28.1. The number of rotatable bonds is 15. The predicted molar refractivity (Wildman–Crippen MR) is 131 cm³/mol. The number of likely N-dealkylation sites (N-methyl/N-ethyl adjacent to an activating group) is 1. The highest BCUT2D eigenvalue weighted by Gasteiger charge is 2.10. The van der Waals surface area contributed by atoms with Gasteiger partial charge in [-0.3, -0.25) is 4.79 Å². The number of carbonyl (C=O) groups excluding carboxylic acids is 2. The van der Waals surface area contributed by atoms with E-state index in [9.17, 15) is 9.59 Å². The minimum absolute atomic E-state index is 0.159. The first-order chi connectivity index (χ1) is 14.2. The summed E-state index contributed by atoms with van der Waals surface area (Å²) in [5, 5.41) is 0. The third-order valence-electron chi connectivity index (χ3n) is 5.43. The highest BCUT2D eigenvalue weighted by atomic mass is 16.2. The molecule has 0 rings (SSSR count). The Bertz CT molecular complexity index is 646. The molecule has 30 heavy (non-hydrogen) atoms. The van der Waals surface area contributed by atoms with Crippen LogP contribution in [-0.4, -0.2) is 29.7 Å². The molecule has 170 valence electrons. The summed E-state index contributed by atoms with van der Waals surface area (Å²) >= 11 is 0. The predicted octanol–water partition coefficient (Wildman–Crippen LogP) is 7.35. The zero-order valence-corrected chi connectivity index (χ0v) is 20.6. The van der Waals surface area contributed by atoms with Crippen LogP contribution < -0.4 is 0 Å². The number of hydrogen-bond acceptors (Lipinski definition) is 2. The molecule has 0 aromatic carbocycles. The van der Waals surface area contributed by atoms with E-state index in [-0.39, 0.29) is 11.7 Å². The first-order valence-electron chi connectivity index (χ1n) is 11.6. The van der Waals surface area contributed by atoms with Crippen molar-refractivity contribution in [2.45, 2.75) is 99.8 Å². The summed E-state index contributed by atoms with van der Waals surface area (Å²) in [4.78, 5) is 25.1. The van der Waals surface area contributed by atoms with Crippen molar-refractivity contribution in [2.75, 3.05) is 13.1 Å². The van der Waals surface area contributed by atoms with Crippen molar-refractivity contribution in [3.05, 3.63) is 46.6 Å². The molecular weight excluding hydrogens is 370 g/mol. The van der Waals surface area contributed by atoms with Crippen LogP contribution in [0.15, 0.2) is 46.6 Å². The molecule has 0 heterocycles. The van der Waals surface area contributed by atoms with Crippen molar-refractivity contribution < 1.29 is 9.59 Å². The van der Waals surface area contributed by atoms with Crippen molar-refractivity contribution >= 4 is 11.7 Å². The van der Waals surface area contributed by atoms with Crippen LogP contribution in [-0.2, 0) is 9.59 Å². The van der Waals surface area contributed by atoms with Gasteiger partial charge in [0.15, 0.2) is 0 Å². The average Bonchev–Trinajstić information content (AvgIpc) is 2.68. The van der Waals surface area contributed by atoms with E-state index in [1.165, 1.54) is 16.7 Å². The second-order valence-corrected chi connectivity index (χ2v) is 8.37. The molecule has 0 aliphatic heterocycles. The minimum atomic E-state index is 0.159. The number of carbonyl (C=O) groups is 2. The van der Waals surface area contributed by atoms with E-state index in [0.717, 1.165) is 63.6 Å². The Morgan fingerprint density at radius 3 is 1.33 bits per heavy atom. The second-order valence-electron chi connectivity index (χ2n) is 8.37. The number of Topliss-reactive ketones (excluding diaryl/α,β-unsaturated/α-hetero) is 1. The molecule has 0 bridgehead atoms. The Labute approximate surface area is 186 Å². The van der Waals surface area contributed by atoms with Gasteiger partial charge in [0.1, 0.15) is 5.78 Å². The Morgan fingerprint density at radius 2 is 0.967 bits per heavy atom. The van der Waals surface area contributed by atoms with Crippen molar-refractivity contribution in [3.8, 4) is 0 Å². The molecule has 0 unspecified atom stereocenters. The van der Waals surface area contributed by atoms with Gasteiger partial charge in [0.25, 0.3) is 0 Å². The number of hydrogen-bond donors (Lipinski definition) is 0. The minimum Gasteiger partial charge on any atom is -0.340 e. The highest BCUT2D eigenvalue weighted by molar-refractivity contribution is 5.92. The second kappa shape index (κ2) is 16.8. The third kappa shape index (κ3) is 14.1. The van der Waals surface area contributed by atoms with E-state index in [2.05, 4.69) is 45.1 Å². The molecule has 1 amide bonds. The Kier molecular flexibility index (Phi) is 15.8. The maximum absolute atomic E-state index is 12.3. The van der Waals surface area contributed by atoms with Gasteiger partial charge >= 0.3 is 0 Å². The topological polar surface area (TPSA) is 37.4 Å². The lowest BCUT2D eigenvalue weighted by Crippen LogP contribution is -2.31. The standard InChI is InChI=1S/C27H45NO2/c1-8-28(9-2)27(30)25(6)20-12-18-23(4)16-10-14-22(3)15-11-17-24(5)19-13-21-26(7)29/h15-16,19-20H,8-14,17-18,21H2,1-7H3. The van der Waals surface area contributed by atoms with E-state index in [0.29, 0.717) is 6.42 Å². The maximum atomic E-state index is 12.3. The van der Waals surface area contributed by atoms with E-state index < -0.39 is 0 Å². The van der Waals surface area contributed by atoms with Crippen molar-refractivity contribution in [2.24, 2.45) is 0 Å². The monoisotopic (exact) mass is 415 g/mol. The Balaban J connectivity index is 4.23. The third-order valence-corrected chi connectivity index (χ3v) is 5.43. The van der Waals surface area contributed by atoms with E-state index in [1.807, 2.05) is 25.7 Å². The highest BCUT2D eigenvalue weighted by Crippen LogP contribution is 2.14. The van der Waals surface area contributed by atoms with Crippen LogP contribution in [0.1, 0.15) is 99.8 Å². The van der Waals surface area contributed by atoms with Gasteiger partial charge in [0.05, 0.1) is 0 Å². The summed E-state index contributed by atoms with van der Waals surface area (Å²) in [5.41, 5.74) is 5.07. The van der Waals surface area contributed by atoms with Gasteiger partial charge in [-0.25, -0.2) is 0 Å². The number of nitrogens with zero attached hydrogens (tertiary/aromatic N) is 1. The largest absolute Gasteiger partial charge is 0.340 e. The molecular formula is C27H45NO2. The molecule has 0 aliphatic carbocycles. The zero-order chi connectivity index (χ0) is 22.9. The van der Waals surface area contributed by atoms with Gasteiger partial charge in [-0.1, -0.05) is 41.0 Å².